The largest absolute Gasteiger partial charge is 0.351 e. The van der Waals surface area contributed by atoms with Gasteiger partial charge in [-0.1, -0.05) is 19.3 Å². The first-order valence-electron chi connectivity index (χ1n) is 10.6. The van der Waals surface area contributed by atoms with Crippen LogP contribution in [0.4, 0.5) is 14.5 Å². The van der Waals surface area contributed by atoms with Crippen LogP contribution in [-0.2, 0) is 11.3 Å². The van der Waals surface area contributed by atoms with Crippen molar-refractivity contribution in [2.45, 2.75) is 57.2 Å². The van der Waals surface area contributed by atoms with E-state index >= 15 is 0 Å². The second-order valence-electron chi connectivity index (χ2n) is 8.60. The number of aromatic nitrogens is 2. The Morgan fingerprint density at radius 2 is 1.88 bits per heavy atom. The molecule has 1 aromatic heterocycles. The molecule has 1 fully saturated rings. The predicted octanol–water partition coefficient (Wildman–Crippen LogP) is 2.71. The summed E-state index contributed by atoms with van der Waals surface area (Å²) >= 11 is 0. The Balaban J connectivity index is 1.55. The summed E-state index contributed by atoms with van der Waals surface area (Å²) in [5.74, 6) is -3.02. The highest BCUT2D eigenvalue weighted by Crippen LogP contribution is 2.27. The van der Waals surface area contributed by atoms with Gasteiger partial charge in [-0.3, -0.25) is 19.1 Å². The molecule has 2 aliphatic rings. The van der Waals surface area contributed by atoms with E-state index in [0.717, 1.165) is 50.3 Å². The van der Waals surface area contributed by atoms with Gasteiger partial charge in [0.1, 0.15) is 22.9 Å². The number of benzene rings is 1. The van der Waals surface area contributed by atoms with Crippen molar-refractivity contribution in [1.82, 2.24) is 20.0 Å². The fourth-order valence-corrected chi connectivity index (χ4v) is 4.21. The van der Waals surface area contributed by atoms with Crippen LogP contribution in [0.15, 0.2) is 24.3 Å². The van der Waals surface area contributed by atoms with E-state index in [2.05, 4.69) is 15.7 Å². The molecule has 0 spiro atoms. The molecule has 2 heterocycles. The third-order valence-electron chi connectivity index (χ3n) is 6.34. The van der Waals surface area contributed by atoms with Crippen LogP contribution in [-0.4, -0.2) is 51.0 Å². The Morgan fingerprint density at radius 1 is 1.16 bits per heavy atom. The van der Waals surface area contributed by atoms with Crippen molar-refractivity contribution < 1.29 is 23.2 Å². The molecule has 1 aliphatic carbocycles. The summed E-state index contributed by atoms with van der Waals surface area (Å²) in [6.45, 7) is 1.72. The van der Waals surface area contributed by atoms with Gasteiger partial charge in [0.2, 0.25) is 5.91 Å². The highest BCUT2D eigenvalue weighted by atomic mass is 19.1. The van der Waals surface area contributed by atoms with Gasteiger partial charge >= 0.3 is 0 Å². The van der Waals surface area contributed by atoms with Gasteiger partial charge in [-0.2, -0.15) is 5.10 Å². The zero-order valence-electron chi connectivity index (χ0n) is 18.0. The van der Waals surface area contributed by atoms with Crippen LogP contribution in [0.5, 0.6) is 0 Å². The highest BCUT2D eigenvalue weighted by Gasteiger charge is 2.46. The number of carbonyl (C=O) groups excluding carboxylic acids is 3. The maximum atomic E-state index is 13.9. The summed E-state index contributed by atoms with van der Waals surface area (Å²) in [5.41, 5.74) is -1.51. The summed E-state index contributed by atoms with van der Waals surface area (Å²) in [5, 5.41) is 9.49. The summed E-state index contributed by atoms with van der Waals surface area (Å²) in [7, 11) is 1.54. The van der Waals surface area contributed by atoms with Crippen LogP contribution in [0.2, 0.25) is 0 Å². The Morgan fingerprint density at radius 3 is 2.59 bits per heavy atom. The minimum atomic E-state index is -1.18. The van der Waals surface area contributed by atoms with Crippen molar-refractivity contribution in [2.75, 3.05) is 12.4 Å². The number of amides is 3. The Kier molecular flexibility index (Phi) is 5.70. The third kappa shape index (κ3) is 3.96. The van der Waals surface area contributed by atoms with Crippen LogP contribution in [0.25, 0.3) is 0 Å². The van der Waals surface area contributed by atoms with E-state index in [1.54, 1.807) is 14.0 Å². The van der Waals surface area contributed by atoms with Crippen molar-refractivity contribution in [3.8, 4) is 0 Å². The van der Waals surface area contributed by atoms with Crippen molar-refractivity contribution in [3.05, 3.63) is 47.3 Å². The minimum Gasteiger partial charge on any atom is -0.351 e. The summed E-state index contributed by atoms with van der Waals surface area (Å²) in [4.78, 5) is 40.0. The molecular weight excluding hydrogens is 420 g/mol. The van der Waals surface area contributed by atoms with E-state index in [4.69, 9.17) is 0 Å². The second-order valence-corrected chi connectivity index (χ2v) is 8.60. The Bertz CT molecular complexity index is 1080. The molecule has 1 atom stereocenters. The van der Waals surface area contributed by atoms with Gasteiger partial charge in [0.15, 0.2) is 5.69 Å². The van der Waals surface area contributed by atoms with E-state index in [1.165, 1.54) is 15.6 Å². The number of anilines is 1. The molecule has 4 rings (SSSR count). The Hall–Kier alpha value is -3.30. The van der Waals surface area contributed by atoms with Gasteiger partial charge in [0.25, 0.3) is 11.8 Å². The smallest absolute Gasteiger partial charge is 0.276 e. The van der Waals surface area contributed by atoms with Crippen molar-refractivity contribution in [1.29, 1.82) is 0 Å². The molecule has 1 aromatic carbocycles. The molecule has 0 bridgehead atoms. The van der Waals surface area contributed by atoms with Gasteiger partial charge in [-0.15, -0.1) is 0 Å². The first-order chi connectivity index (χ1) is 15.2. The molecular formula is C22H25F2N5O3. The molecule has 10 heteroatoms. The lowest BCUT2D eigenvalue weighted by Crippen LogP contribution is -2.63. The molecule has 32 heavy (non-hydrogen) atoms. The van der Waals surface area contributed by atoms with E-state index in [9.17, 15) is 23.2 Å². The zero-order chi connectivity index (χ0) is 23.0. The number of nitrogens with zero attached hydrogens (tertiary/aromatic N) is 3. The number of halogens is 2. The van der Waals surface area contributed by atoms with E-state index in [0.29, 0.717) is 0 Å². The van der Waals surface area contributed by atoms with Crippen LogP contribution in [0.3, 0.4) is 0 Å². The fraction of sp³-hybridized carbons (Fsp3) is 0.455. The second kappa shape index (κ2) is 8.33. The molecule has 3 amide bonds. The summed E-state index contributed by atoms with van der Waals surface area (Å²) < 4.78 is 28.6. The molecule has 170 valence electrons. The van der Waals surface area contributed by atoms with Crippen LogP contribution in [0, 0.1) is 11.6 Å². The lowest BCUT2D eigenvalue weighted by atomic mass is 9.92. The highest BCUT2D eigenvalue weighted by molar-refractivity contribution is 6.05. The van der Waals surface area contributed by atoms with Crippen LogP contribution in [0.1, 0.15) is 60.0 Å². The fourth-order valence-electron chi connectivity index (χ4n) is 4.21. The summed E-state index contributed by atoms with van der Waals surface area (Å²) in [6, 6.07) is 4.06. The molecule has 1 aliphatic heterocycles. The quantitative estimate of drug-likeness (QED) is 0.756. The lowest BCUT2D eigenvalue weighted by molar-refractivity contribution is -0.133. The van der Waals surface area contributed by atoms with Gasteiger partial charge in [-0.25, -0.2) is 8.78 Å². The number of nitrogens with one attached hydrogen (secondary N) is 2. The topological polar surface area (TPSA) is 96.3 Å². The van der Waals surface area contributed by atoms with E-state index in [1.807, 2.05) is 0 Å². The first kappa shape index (κ1) is 21.9. The average molecular weight is 445 g/mol. The molecule has 8 nitrogen and oxygen atoms in total. The van der Waals surface area contributed by atoms with Crippen molar-refractivity contribution >= 4 is 23.4 Å². The van der Waals surface area contributed by atoms with Crippen molar-refractivity contribution in [3.63, 3.8) is 0 Å². The van der Waals surface area contributed by atoms with Crippen LogP contribution < -0.4 is 10.6 Å². The van der Waals surface area contributed by atoms with Gasteiger partial charge < -0.3 is 15.5 Å². The number of carbonyl (C=O) groups is 3. The molecule has 2 aromatic rings. The average Bonchev–Trinajstić information content (AvgIpc) is 3.19. The SMILES string of the molecule is CN1C(=O)c2cc(C(=O)Nc3cc(F)ccc3F)nn2C[C@]1(C)C(=O)NC1CCCCC1. The number of rotatable bonds is 4. The number of hydrogen-bond acceptors (Lipinski definition) is 4. The zero-order valence-corrected chi connectivity index (χ0v) is 18.0. The first-order valence-corrected chi connectivity index (χ1v) is 10.6. The van der Waals surface area contributed by atoms with Gasteiger partial charge in [-0.05, 0) is 31.9 Å². The monoisotopic (exact) mass is 445 g/mol. The normalized spacial score (nSPS) is 21.2. The molecule has 0 saturated heterocycles. The third-order valence-corrected chi connectivity index (χ3v) is 6.34. The molecule has 0 unspecified atom stereocenters. The van der Waals surface area contributed by atoms with E-state index in [-0.39, 0.29) is 35.6 Å². The predicted molar refractivity (Wildman–Crippen MR) is 112 cm³/mol. The van der Waals surface area contributed by atoms with Gasteiger partial charge in [0, 0.05) is 25.2 Å². The molecule has 1 saturated carbocycles. The minimum absolute atomic E-state index is 0.0603. The molecule has 2 N–H and O–H groups in total. The Labute approximate surface area is 184 Å². The maximum absolute atomic E-state index is 13.9. The maximum Gasteiger partial charge on any atom is 0.276 e. The van der Waals surface area contributed by atoms with E-state index < -0.39 is 29.0 Å². The number of hydrogen-bond donors (Lipinski definition) is 2. The molecule has 0 radical (unpaired) electrons. The number of likely N-dealkylation sites (N-methyl/N-ethyl adjacent to an activating group) is 1. The lowest BCUT2D eigenvalue weighted by Gasteiger charge is -2.41. The number of fused-ring (bicyclic) bond motifs is 1. The standard InChI is InChI=1S/C22H25F2N5O3/c1-22(21(32)25-14-6-4-3-5-7-14)12-29-18(20(31)28(22)2)11-17(27-29)19(30)26-16-10-13(23)8-9-15(16)24/h8-11,14H,3-7,12H2,1-2H3,(H,25,32)(H,26,30)/t22-/m1/s1. The summed E-state index contributed by atoms with van der Waals surface area (Å²) in [6.07, 6.45) is 5.10. The van der Waals surface area contributed by atoms with Gasteiger partial charge in [0.05, 0.1) is 12.2 Å². The van der Waals surface area contributed by atoms with Crippen LogP contribution >= 0.6 is 0 Å². The van der Waals surface area contributed by atoms with Crippen molar-refractivity contribution in [2.24, 2.45) is 0 Å².